The third kappa shape index (κ3) is 6.33. The summed E-state index contributed by atoms with van der Waals surface area (Å²) in [6, 6.07) is 0. The van der Waals surface area contributed by atoms with Crippen molar-refractivity contribution in [2.75, 3.05) is 32.9 Å². The predicted octanol–water partition coefficient (Wildman–Crippen LogP) is 2.33. The Balaban J connectivity index is 2.28. The molecule has 0 unspecified atom stereocenters. The van der Waals surface area contributed by atoms with Gasteiger partial charge in [-0.25, -0.2) is 9.78 Å². The average Bonchev–Trinajstić information content (AvgIpc) is 2.96. The van der Waals surface area contributed by atoms with Gasteiger partial charge in [-0.1, -0.05) is 13.8 Å². The number of esters is 1. The van der Waals surface area contributed by atoms with E-state index < -0.39 is 12.1 Å². The molecule has 0 spiro atoms. The van der Waals surface area contributed by atoms with Gasteiger partial charge in [0.2, 0.25) is 0 Å². The first-order chi connectivity index (χ1) is 13.8. The van der Waals surface area contributed by atoms with Gasteiger partial charge in [0.15, 0.2) is 0 Å². The van der Waals surface area contributed by atoms with Crippen LogP contribution in [0.2, 0.25) is 0 Å². The molecule has 0 aliphatic rings. The van der Waals surface area contributed by atoms with Crippen LogP contribution in [0.25, 0.3) is 10.2 Å². The summed E-state index contributed by atoms with van der Waals surface area (Å²) in [6.45, 7) is 12.2. The minimum atomic E-state index is -0.622. The first-order valence-corrected chi connectivity index (χ1v) is 10.8. The van der Waals surface area contributed by atoms with Gasteiger partial charge >= 0.3 is 5.97 Å². The molecule has 2 aromatic heterocycles. The van der Waals surface area contributed by atoms with Crippen molar-refractivity contribution in [2.45, 2.75) is 47.3 Å². The van der Waals surface area contributed by atoms with E-state index in [1.54, 1.807) is 13.8 Å². The lowest BCUT2D eigenvalue weighted by Crippen LogP contribution is -2.37. The number of fused-ring (bicyclic) bond motifs is 1. The molecule has 2 N–H and O–H groups in total. The molecule has 2 heterocycles. The van der Waals surface area contributed by atoms with Crippen LogP contribution in [0.1, 0.15) is 48.8 Å². The van der Waals surface area contributed by atoms with E-state index in [-0.39, 0.29) is 18.8 Å². The van der Waals surface area contributed by atoms with E-state index in [4.69, 9.17) is 9.47 Å². The molecule has 1 atom stereocenters. The number of aliphatic hydroxyl groups excluding tert-OH is 1. The van der Waals surface area contributed by atoms with Crippen LogP contribution in [0, 0.1) is 12.8 Å². The van der Waals surface area contributed by atoms with Crippen LogP contribution in [0.15, 0.2) is 4.79 Å². The number of rotatable bonds is 11. The van der Waals surface area contributed by atoms with Crippen LogP contribution < -0.4 is 5.56 Å². The minimum absolute atomic E-state index is 0.265. The van der Waals surface area contributed by atoms with E-state index in [0.717, 1.165) is 6.54 Å². The van der Waals surface area contributed by atoms with E-state index in [1.807, 2.05) is 11.8 Å². The molecule has 2 rings (SSSR count). The molecule has 0 radical (unpaired) electrons. The Kier molecular flexibility index (Phi) is 8.76. The van der Waals surface area contributed by atoms with Crippen LogP contribution in [0.4, 0.5) is 0 Å². The molecule has 0 saturated heterocycles. The summed E-state index contributed by atoms with van der Waals surface area (Å²) in [6.07, 6.45) is -0.622. The zero-order valence-corrected chi connectivity index (χ0v) is 18.6. The first-order valence-electron chi connectivity index (χ1n) is 9.94. The fourth-order valence-corrected chi connectivity index (χ4v) is 4.29. The summed E-state index contributed by atoms with van der Waals surface area (Å²) in [5.74, 6) is 0.446. The number of carbonyl (C=O) groups excluding carboxylic acids is 1. The van der Waals surface area contributed by atoms with Crippen molar-refractivity contribution in [3.8, 4) is 0 Å². The summed E-state index contributed by atoms with van der Waals surface area (Å²) in [5, 5.41) is 10.6. The number of thiophene rings is 1. The average molecular weight is 426 g/mol. The van der Waals surface area contributed by atoms with Gasteiger partial charge in [-0.15, -0.1) is 11.3 Å². The topological polar surface area (TPSA) is 105 Å². The maximum atomic E-state index is 12.7. The molecule has 0 aliphatic heterocycles. The molecule has 0 fully saturated rings. The standard InChI is InChI=1S/C20H31N3O5S/c1-6-27-11-14(24)9-23(8-12(3)4)10-15-21-18(25)16-13(5)17(20(26)28-7-2)29-19(16)22-15/h12,14,24H,6-11H2,1-5H3,(H,21,22,25)/t14-/m0/s1. The number of aromatic nitrogens is 2. The van der Waals surface area contributed by atoms with Gasteiger partial charge in [-0.3, -0.25) is 9.69 Å². The predicted molar refractivity (Wildman–Crippen MR) is 114 cm³/mol. The van der Waals surface area contributed by atoms with Crippen molar-refractivity contribution < 1.29 is 19.4 Å². The van der Waals surface area contributed by atoms with Gasteiger partial charge in [0.05, 0.1) is 31.2 Å². The Morgan fingerprint density at radius 1 is 1.28 bits per heavy atom. The highest BCUT2D eigenvalue weighted by Crippen LogP contribution is 2.27. The number of aryl methyl sites for hydroxylation is 1. The van der Waals surface area contributed by atoms with Crippen molar-refractivity contribution in [2.24, 2.45) is 5.92 Å². The Hall–Kier alpha value is -1.81. The molecule has 0 saturated carbocycles. The van der Waals surface area contributed by atoms with Gasteiger partial charge in [-0.05, 0) is 32.3 Å². The molecule has 162 valence electrons. The monoisotopic (exact) mass is 425 g/mol. The number of aliphatic hydroxyl groups is 1. The maximum absolute atomic E-state index is 12.7. The van der Waals surface area contributed by atoms with Gasteiger partial charge in [0.1, 0.15) is 15.5 Å². The van der Waals surface area contributed by atoms with Gasteiger partial charge in [0, 0.05) is 19.7 Å². The molecule has 29 heavy (non-hydrogen) atoms. The second kappa shape index (κ2) is 10.8. The van der Waals surface area contributed by atoms with Gasteiger partial charge in [0.25, 0.3) is 5.56 Å². The van der Waals surface area contributed by atoms with E-state index in [0.29, 0.717) is 52.1 Å². The van der Waals surface area contributed by atoms with Crippen molar-refractivity contribution in [3.63, 3.8) is 0 Å². The number of H-pyrrole nitrogens is 1. The number of carbonyl (C=O) groups is 1. The number of nitrogens with one attached hydrogen (secondary N) is 1. The SMILES string of the molecule is CCOC[C@@H](O)CN(Cc1nc2sc(C(=O)OCC)c(C)c2c(=O)[nH]1)CC(C)C. The lowest BCUT2D eigenvalue weighted by molar-refractivity contribution is 0.0170. The highest BCUT2D eigenvalue weighted by molar-refractivity contribution is 7.20. The summed E-state index contributed by atoms with van der Waals surface area (Å²) >= 11 is 1.17. The second-order valence-electron chi connectivity index (χ2n) is 7.37. The van der Waals surface area contributed by atoms with E-state index in [1.165, 1.54) is 11.3 Å². The highest BCUT2D eigenvalue weighted by atomic mass is 32.1. The first kappa shape index (κ1) is 23.5. The largest absolute Gasteiger partial charge is 0.462 e. The number of hydrogen-bond acceptors (Lipinski definition) is 8. The fourth-order valence-electron chi connectivity index (χ4n) is 3.19. The highest BCUT2D eigenvalue weighted by Gasteiger charge is 2.21. The lowest BCUT2D eigenvalue weighted by atomic mass is 10.2. The molecule has 8 nitrogen and oxygen atoms in total. The van der Waals surface area contributed by atoms with Crippen LogP contribution in [-0.4, -0.2) is 65.0 Å². The van der Waals surface area contributed by atoms with Crippen molar-refractivity contribution in [3.05, 3.63) is 26.6 Å². The smallest absolute Gasteiger partial charge is 0.348 e. The zero-order chi connectivity index (χ0) is 21.6. The van der Waals surface area contributed by atoms with Crippen molar-refractivity contribution in [1.82, 2.24) is 14.9 Å². The van der Waals surface area contributed by atoms with Gasteiger partial charge < -0.3 is 19.6 Å². The Morgan fingerprint density at radius 2 is 2.00 bits per heavy atom. The Bertz CT molecular complexity index is 877. The lowest BCUT2D eigenvalue weighted by Gasteiger charge is -2.26. The third-order valence-electron chi connectivity index (χ3n) is 4.29. The maximum Gasteiger partial charge on any atom is 0.348 e. The molecular formula is C20H31N3O5S. The van der Waals surface area contributed by atoms with Crippen LogP contribution >= 0.6 is 11.3 Å². The minimum Gasteiger partial charge on any atom is -0.462 e. The van der Waals surface area contributed by atoms with Crippen LogP contribution in [0.5, 0.6) is 0 Å². The third-order valence-corrected chi connectivity index (χ3v) is 5.46. The van der Waals surface area contributed by atoms with Crippen molar-refractivity contribution >= 4 is 27.5 Å². The molecular weight excluding hydrogens is 394 g/mol. The quantitative estimate of drug-likeness (QED) is 0.532. The Labute approximate surface area is 174 Å². The van der Waals surface area contributed by atoms with E-state index >= 15 is 0 Å². The zero-order valence-electron chi connectivity index (χ0n) is 17.8. The fraction of sp³-hybridized carbons (Fsp3) is 0.650. The normalized spacial score (nSPS) is 12.8. The molecule has 2 aromatic rings. The Morgan fingerprint density at radius 3 is 2.62 bits per heavy atom. The summed E-state index contributed by atoms with van der Waals surface area (Å²) < 4.78 is 10.4. The summed E-state index contributed by atoms with van der Waals surface area (Å²) in [7, 11) is 0. The van der Waals surface area contributed by atoms with Crippen LogP contribution in [-0.2, 0) is 16.0 Å². The van der Waals surface area contributed by atoms with E-state index in [9.17, 15) is 14.7 Å². The molecule has 9 heteroatoms. The summed E-state index contributed by atoms with van der Waals surface area (Å²) in [4.78, 5) is 35.2. The second-order valence-corrected chi connectivity index (χ2v) is 8.37. The van der Waals surface area contributed by atoms with Gasteiger partial charge in [-0.2, -0.15) is 0 Å². The molecule has 0 bridgehead atoms. The molecule has 0 amide bonds. The molecule has 0 aromatic carbocycles. The van der Waals surface area contributed by atoms with Crippen molar-refractivity contribution in [1.29, 1.82) is 0 Å². The number of ether oxygens (including phenoxy) is 2. The van der Waals surface area contributed by atoms with E-state index in [2.05, 4.69) is 23.8 Å². The number of aromatic amines is 1. The number of hydrogen-bond donors (Lipinski definition) is 2. The summed E-state index contributed by atoms with van der Waals surface area (Å²) in [5.41, 5.74) is 0.323. The molecule has 0 aliphatic carbocycles. The van der Waals surface area contributed by atoms with Crippen LogP contribution in [0.3, 0.4) is 0 Å². The number of nitrogens with zero attached hydrogens (tertiary/aromatic N) is 2.